The van der Waals surface area contributed by atoms with E-state index in [-0.39, 0.29) is 24.1 Å². The third-order valence-electron chi connectivity index (χ3n) is 4.67. The summed E-state index contributed by atoms with van der Waals surface area (Å²) in [6.07, 6.45) is -0.279. The summed E-state index contributed by atoms with van der Waals surface area (Å²) in [7, 11) is 0. The van der Waals surface area contributed by atoms with Crippen molar-refractivity contribution in [2.45, 2.75) is 45.8 Å². The molecule has 3 heterocycles. The maximum absolute atomic E-state index is 14.8. The molecule has 0 aromatic carbocycles. The van der Waals surface area contributed by atoms with Gasteiger partial charge in [0.25, 0.3) is 5.91 Å². The topological polar surface area (TPSA) is 100 Å². The molecular weight excluding hydrogens is 421 g/mol. The number of alkyl halides is 1. The minimum Gasteiger partial charge on any atom is -0.462 e. The van der Waals surface area contributed by atoms with Gasteiger partial charge in [-0.25, -0.2) is 19.2 Å². The molecule has 1 saturated heterocycles. The number of anilines is 1. The van der Waals surface area contributed by atoms with Gasteiger partial charge in [-0.2, -0.15) is 0 Å². The fourth-order valence-corrected chi connectivity index (χ4v) is 4.37. The number of imidazole rings is 1. The van der Waals surface area contributed by atoms with E-state index >= 15 is 0 Å². The first-order valence-corrected chi connectivity index (χ1v) is 10.6. The van der Waals surface area contributed by atoms with Crippen LogP contribution in [0.2, 0.25) is 5.15 Å². The highest BCUT2D eigenvalue weighted by Crippen LogP contribution is 2.29. The number of ether oxygens (including phenoxy) is 1. The fourth-order valence-electron chi connectivity index (χ4n) is 3.11. The lowest BCUT2D eigenvalue weighted by Crippen LogP contribution is -2.52. The number of nitrogens with one attached hydrogen (secondary N) is 2. The molecule has 0 aliphatic carbocycles. The van der Waals surface area contributed by atoms with Crippen LogP contribution in [0.15, 0.2) is 0 Å². The molecule has 0 spiro atoms. The van der Waals surface area contributed by atoms with E-state index in [0.717, 1.165) is 0 Å². The van der Waals surface area contributed by atoms with Gasteiger partial charge in [-0.15, -0.1) is 0 Å². The lowest BCUT2D eigenvalue weighted by atomic mass is 10.0. The Morgan fingerprint density at radius 2 is 2.17 bits per heavy atom. The summed E-state index contributed by atoms with van der Waals surface area (Å²) in [5.41, 5.74) is 1.23. The van der Waals surface area contributed by atoms with Gasteiger partial charge >= 0.3 is 5.97 Å². The minimum atomic E-state index is -1.29. The molecule has 0 saturated carbocycles. The number of hydrogen-bond acceptors (Lipinski definition) is 7. The number of piperidine rings is 1. The molecule has 2 N–H and O–H groups in total. The average Bonchev–Trinajstić information content (AvgIpc) is 3.26. The molecule has 1 amide bonds. The first kappa shape index (κ1) is 21.5. The SMILES string of the molecule is CCOC(=O)c1sc(N2CC[C@H](NC(=O)c3nc(Cl)c(CC)[nH]3)[C@H](F)C2)nc1C. The molecule has 1 fully saturated rings. The van der Waals surface area contributed by atoms with E-state index in [2.05, 4.69) is 20.3 Å². The van der Waals surface area contributed by atoms with E-state index in [4.69, 9.17) is 16.3 Å². The van der Waals surface area contributed by atoms with Crippen LogP contribution in [-0.2, 0) is 11.2 Å². The molecule has 2 atom stereocenters. The summed E-state index contributed by atoms with van der Waals surface area (Å²) in [4.78, 5) is 37.8. The Labute approximate surface area is 176 Å². The number of esters is 1. The number of carbonyl (C=O) groups excluding carboxylic acids is 2. The average molecular weight is 444 g/mol. The number of aromatic nitrogens is 3. The lowest BCUT2D eigenvalue weighted by molar-refractivity contribution is 0.0531. The molecule has 8 nitrogen and oxygen atoms in total. The van der Waals surface area contributed by atoms with E-state index in [9.17, 15) is 14.0 Å². The van der Waals surface area contributed by atoms with Crippen LogP contribution in [-0.4, -0.2) is 58.7 Å². The number of thiazole rings is 1. The molecule has 0 radical (unpaired) electrons. The van der Waals surface area contributed by atoms with Gasteiger partial charge in [-0.1, -0.05) is 29.9 Å². The highest BCUT2D eigenvalue weighted by atomic mass is 35.5. The quantitative estimate of drug-likeness (QED) is 0.666. The van der Waals surface area contributed by atoms with Gasteiger partial charge in [0, 0.05) is 6.54 Å². The van der Waals surface area contributed by atoms with Crippen molar-refractivity contribution in [3.8, 4) is 0 Å². The normalized spacial score (nSPS) is 19.3. The molecule has 0 unspecified atom stereocenters. The molecule has 29 heavy (non-hydrogen) atoms. The van der Waals surface area contributed by atoms with Crippen LogP contribution < -0.4 is 10.2 Å². The second-order valence-corrected chi connectivity index (χ2v) is 8.01. The van der Waals surface area contributed by atoms with Crippen LogP contribution in [0, 0.1) is 6.92 Å². The number of rotatable bonds is 6. The Kier molecular flexibility index (Phi) is 6.74. The first-order chi connectivity index (χ1) is 13.8. The molecular formula is C18H23ClFN5O3S. The number of halogens is 2. The second kappa shape index (κ2) is 9.08. The molecule has 2 aromatic rings. The Bertz CT molecular complexity index is 902. The summed E-state index contributed by atoms with van der Waals surface area (Å²) >= 11 is 7.15. The lowest BCUT2D eigenvalue weighted by Gasteiger charge is -2.34. The van der Waals surface area contributed by atoms with Crippen LogP contribution in [0.1, 0.15) is 51.9 Å². The number of H-pyrrole nitrogens is 1. The summed E-state index contributed by atoms with van der Waals surface area (Å²) in [5.74, 6) is -0.824. The van der Waals surface area contributed by atoms with Crippen molar-refractivity contribution in [3.63, 3.8) is 0 Å². The first-order valence-electron chi connectivity index (χ1n) is 9.42. The Morgan fingerprint density at radius 3 is 2.79 bits per heavy atom. The highest BCUT2D eigenvalue weighted by Gasteiger charge is 2.33. The van der Waals surface area contributed by atoms with E-state index in [0.29, 0.717) is 40.8 Å². The standard InChI is InChI=1S/C18H23ClFN5O3S/c1-4-11-14(19)24-15(22-11)16(26)23-12-6-7-25(8-10(12)20)18-21-9(3)13(29-18)17(27)28-5-2/h10,12H,4-8H2,1-3H3,(H,22,24)(H,23,26)/t10-,12+/m1/s1. The number of nitrogens with zero attached hydrogens (tertiary/aromatic N) is 3. The summed E-state index contributed by atoms with van der Waals surface area (Å²) in [6.45, 7) is 6.21. The van der Waals surface area contributed by atoms with Crippen LogP contribution in [0.4, 0.5) is 9.52 Å². The number of hydrogen-bond donors (Lipinski definition) is 2. The zero-order chi connectivity index (χ0) is 21.1. The second-order valence-electron chi connectivity index (χ2n) is 6.67. The van der Waals surface area contributed by atoms with Crippen LogP contribution in [0.5, 0.6) is 0 Å². The molecule has 1 aliphatic heterocycles. The molecule has 2 aromatic heterocycles. The van der Waals surface area contributed by atoms with Crippen molar-refractivity contribution in [2.75, 3.05) is 24.6 Å². The van der Waals surface area contributed by atoms with Crippen LogP contribution in [0.3, 0.4) is 0 Å². The molecule has 11 heteroatoms. The largest absolute Gasteiger partial charge is 0.462 e. The Morgan fingerprint density at radius 1 is 1.41 bits per heavy atom. The third-order valence-corrected chi connectivity index (χ3v) is 6.18. The van der Waals surface area contributed by atoms with E-state index in [1.54, 1.807) is 18.7 Å². The summed E-state index contributed by atoms with van der Waals surface area (Å²) < 4.78 is 19.8. The van der Waals surface area contributed by atoms with Gasteiger partial charge in [0.05, 0.1) is 30.6 Å². The van der Waals surface area contributed by atoms with Crippen molar-refractivity contribution < 1.29 is 18.7 Å². The van der Waals surface area contributed by atoms with E-state index in [1.165, 1.54) is 11.3 Å². The monoisotopic (exact) mass is 443 g/mol. The van der Waals surface area contributed by atoms with Gasteiger partial charge in [-0.05, 0) is 26.7 Å². The highest BCUT2D eigenvalue weighted by molar-refractivity contribution is 7.17. The number of aryl methyl sites for hydroxylation is 2. The zero-order valence-corrected chi connectivity index (χ0v) is 18.0. The van der Waals surface area contributed by atoms with Crippen LogP contribution >= 0.6 is 22.9 Å². The number of amides is 1. The van der Waals surface area contributed by atoms with Gasteiger partial charge < -0.3 is 19.9 Å². The third kappa shape index (κ3) is 4.69. The Balaban J connectivity index is 1.62. The maximum Gasteiger partial charge on any atom is 0.350 e. The summed E-state index contributed by atoms with van der Waals surface area (Å²) in [6, 6.07) is -0.640. The van der Waals surface area contributed by atoms with E-state index in [1.807, 2.05) is 6.92 Å². The van der Waals surface area contributed by atoms with E-state index < -0.39 is 24.1 Å². The number of aromatic amines is 1. The van der Waals surface area contributed by atoms with Crippen LogP contribution in [0.25, 0.3) is 0 Å². The number of carbonyl (C=O) groups is 2. The fraction of sp³-hybridized carbons (Fsp3) is 0.556. The van der Waals surface area contributed by atoms with Gasteiger partial charge in [0.15, 0.2) is 16.1 Å². The molecule has 0 bridgehead atoms. The minimum absolute atomic E-state index is 0.0687. The van der Waals surface area contributed by atoms with Crippen molar-refractivity contribution in [1.29, 1.82) is 0 Å². The predicted octanol–water partition coefficient (Wildman–Crippen LogP) is 2.91. The summed E-state index contributed by atoms with van der Waals surface area (Å²) in [5, 5.41) is 3.51. The maximum atomic E-state index is 14.8. The molecule has 3 rings (SSSR count). The van der Waals surface area contributed by atoms with Gasteiger partial charge in [-0.3, -0.25) is 4.79 Å². The Hall–Kier alpha value is -2.20. The van der Waals surface area contributed by atoms with Gasteiger partial charge in [0.1, 0.15) is 11.0 Å². The van der Waals surface area contributed by atoms with Crippen molar-refractivity contribution in [2.24, 2.45) is 0 Å². The molecule has 1 aliphatic rings. The predicted molar refractivity (Wildman–Crippen MR) is 109 cm³/mol. The van der Waals surface area contributed by atoms with Crippen molar-refractivity contribution in [1.82, 2.24) is 20.3 Å². The smallest absolute Gasteiger partial charge is 0.350 e. The van der Waals surface area contributed by atoms with Gasteiger partial charge in [0.2, 0.25) is 0 Å². The zero-order valence-electron chi connectivity index (χ0n) is 16.4. The van der Waals surface area contributed by atoms with Crippen molar-refractivity contribution >= 4 is 39.9 Å². The molecule has 158 valence electrons. The van der Waals surface area contributed by atoms with Crippen molar-refractivity contribution in [3.05, 3.63) is 27.2 Å².